The molecule has 3 aliphatic rings. The van der Waals surface area contributed by atoms with Crippen molar-refractivity contribution in [1.29, 1.82) is 0 Å². The van der Waals surface area contributed by atoms with Gasteiger partial charge < -0.3 is 18.9 Å². The first kappa shape index (κ1) is 17.2. The van der Waals surface area contributed by atoms with Gasteiger partial charge in [-0.3, -0.25) is 4.79 Å². The Morgan fingerprint density at radius 3 is 2.52 bits per heavy atom. The number of rotatable bonds is 1. The largest absolute Gasteiger partial charge is 0.495 e. The second kappa shape index (κ2) is 5.38. The lowest BCUT2D eigenvalue weighted by Gasteiger charge is -2.32. The van der Waals surface area contributed by atoms with Crippen LogP contribution >= 0.6 is 11.6 Å². The highest BCUT2D eigenvalue weighted by molar-refractivity contribution is 6.63. The van der Waals surface area contributed by atoms with Gasteiger partial charge in [-0.05, 0) is 51.7 Å². The summed E-state index contributed by atoms with van der Waals surface area (Å²) in [5.74, 6) is 0.464. The summed E-state index contributed by atoms with van der Waals surface area (Å²) in [6, 6.07) is 1.84. The fourth-order valence-corrected chi connectivity index (χ4v) is 3.83. The maximum absolute atomic E-state index is 12.9. The third-order valence-corrected chi connectivity index (χ3v) is 6.42. The highest BCUT2D eigenvalue weighted by Gasteiger charge is 2.52. The van der Waals surface area contributed by atoms with E-state index in [4.69, 9.17) is 25.6 Å². The molecule has 5 nitrogen and oxygen atoms in total. The van der Waals surface area contributed by atoms with E-state index in [0.717, 1.165) is 24.0 Å². The first-order valence-corrected chi connectivity index (χ1v) is 9.13. The van der Waals surface area contributed by atoms with Crippen LogP contribution in [0.1, 0.15) is 50.0 Å². The Morgan fingerprint density at radius 1 is 1.24 bits per heavy atom. The zero-order chi connectivity index (χ0) is 18.1. The molecule has 1 atom stereocenters. The fraction of sp³-hybridized carbons (Fsp3) is 0.611. The molecule has 0 aliphatic carbocycles. The van der Waals surface area contributed by atoms with E-state index in [1.807, 2.05) is 45.6 Å². The van der Waals surface area contributed by atoms with Gasteiger partial charge in [-0.1, -0.05) is 11.6 Å². The quantitative estimate of drug-likeness (QED) is 0.720. The molecule has 134 valence electrons. The Hall–Kier alpha value is -1.24. The molecule has 2 saturated heterocycles. The van der Waals surface area contributed by atoms with Crippen molar-refractivity contribution >= 4 is 30.1 Å². The third kappa shape index (κ3) is 2.49. The Balaban J connectivity index is 1.80. The lowest BCUT2D eigenvalue weighted by Crippen LogP contribution is -2.41. The number of nitrogens with zero attached hydrogens (tertiary/aromatic N) is 1. The van der Waals surface area contributed by atoms with E-state index >= 15 is 0 Å². The fourth-order valence-electron chi connectivity index (χ4n) is 3.58. The molecule has 0 aromatic heterocycles. The minimum atomic E-state index is -0.559. The van der Waals surface area contributed by atoms with E-state index in [1.54, 1.807) is 0 Å². The molecule has 1 amide bonds. The minimum absolute atomic E-state index is 0.0183. The van der Waals surface area contributed by atoms with Gasteiger partial charge in [0.2, 0.25) is 0 Å². The van der Waals surface area contributed by atoms with E-state index in [0.29, 0.717) is 22.9 Å². The van der Waals surface area contributed by atoms with Crippen molar-refractivity contribution in [3.8, 4) is 5.75 Å². The number of benzene rings is 1. The summed E-state index contributed by atoms with van der Waals surface area (Å²) in [6.07, 6.45) is 0.865. The van der Waals surface area contributed by atoms with Crippen molar-refractivity contribution in [2.24, 2.45) is 0 Å². The van der Waals surface area contributed by atoms with Gasteiger partial charge in [0.05, 0.1) is 28.3 Å². The summed E-state index contributed by atoms with van der Waals surface area (Å²) in [7, 11) is -0.559. The van der Waals surface area contributed by atoms with Crippen molar-refractivity contribution < 1.29 is 18.8 Å². The van der Waals surface area contributed by atoms with E-state index in [9.17, 15) is 4.79 Å². The number of ether oxygens (including phenoxy) is 1. The predicted octanol–water partition coefficient (Wildman–Crippen LogP) is 2.55. The molecule has 2 fully saturated rings. The molecular weight excluding hydrogens is 340 g/mol. The molecule has 1 aromatic rings. The van der Waals surface area contributed by atoms with E-state index in [-0.39, 0.29) is 12.0 Å². The van der Waals surface area contributed by atoms with Crippen LogP contribution in [-0.4, -0.2) is 48.3 Å². The van der Waals surface area contributed by atoms with Gasteiger partial charge in [-0.25, -0.2) is 0 Å². The number of carbonyl (C=O) groups is 1. The molecule has 0 N–H and O–H groups in total. The Bertz CT molecular complexity index is 748. The van der Waals surface area contributed by atoms with E-state index < -0.39 is 18.3 Å². The normalized spacial score (nSPS) is 26.5. The van der Waals surface area contributed by atoms with Crippen LogP contribution in [0.2, 0.25) is 5.02 Å². The van der Waals surface area contributed by atoms with Gasteiger partial charge >= 0.3 is 7.12 Å². The molecule has 4 rings (SSSR count). The first-order chi connectivity index (χ1) is 11.6. The van der Waals surface area contributed by atoms with Crippen LogP contribution in [0.3, 0.4) is 0 Å². The zero-order valence-corrected chi connectivity index (χ0v) is 16.1. The maximum Gasteiger partial charge on any atom is 0.495 e. The summed E-state index contributed by atoms with van der Waals surface area (Å²) >= 11 is 6.60. The van der Waals surface area contributed by atoms with Gasteiger partial charge in [-0.15, -0.1) is 0 Å². The van der Waals surface area contributed by atoms with Crippen molar-refractivity contribution in [3.63, 3.8) is 0 Å². The molecule has 3 aliphatic heterocycles. The van der Waals surface area contributed by atoms with Crippen molar-refractivity contribution in [1.82, 2.24) is 4.90 Å². The number of hydrogen-bond acceptors (Lipinski definition) is 4. The summed E-state index contributed by atoms with van der Waals surface area (Å²) in [5.41, 5.74) is 1.22. The van der Waals surface area contributed by atoms with Gasteiger partial charge in [0.1, 0.15) is 6.10 Å². The molecular formula is C18H23BClNO4. The van der Waals surface area contributed by atoms with Gasteiger partial charge in [0, 0.05) is 13.0 Å². The molecule has 0 radical (unpaired) electrons. The van der Waals surface area contributed by atoms with Crippen LogP contribution in [0.4, 0.5) is 0 Å². The highest BCUT2D eigenvalue weighted by Crippen LogP contribution is 2.40. The third-order valence-electron chi connectivity index (χ3n) is 5.96. The minimum Gasteiger partial charge on any atom is -0.486 e. The number of hydrogen-bond donors (Lipinski definition) is 0. The lowest BCUT2D eigenvalue weighted by atomic mass is 9.75. The van der Waals surface area contributed by atoms with Crippen LogP contribution in [0.15, 0.2) is 6.07 Å². The SMILES string of the molecule is Cc1c(B2OC(C)(C)C(C)(C)O2)cc2c(c1Cl)OC1CCN(C1)C2=O. The topological polar surface area (TPSA) is 48.0 Å². The average molecular weight is 364 g/mol. The van der Waals surface area contributed by atoms with E-state index in [2.05, 4.69) is 0 Å². The molecule has 7 heteroatoms. The molecule has 2 bridgehead atoms. The maximum atomic E-state index is 12.9. The number of amides is 1. The van der Waals surface area contributed by atoms with Crippen LogP contribution in [0, 0.1) is 6.92 Å². The summed E-state index contributed by atoms with van der Waals surface area (Å²) in [6.45, 7) is 11.3. The highest BCUT2D eigenvalue weighted by atomic mass is 35.5. The van der Waals surface area contributed by atoms with Crippen molar-refractivity contribution in [3.05, 3.63) is 22.2 Å². The number of carbonyl (C=O) groups excluding carboxylic acids is 1. The predicted molar refractivity (Wildman–Crippen MR) is 96.8 cm³/mol. The van der Waals surface area contributed by atoms with Crippen LogP contribution in [0.5, 0.6) is 5.75 Å². The molecule has 0 saturated carbocycles. The van der Waals surface area contributed by atoms with Crippen LogP contribution in [-0.2, 0) is 9.31 Å². The van der Waals surface area contributed by atoms with Crippen LogP contribution in [0.25, 0.3) is 0 Å². The van der Waals surface area contributed by atoms with Gasteiger partial charge in [0.25, 0.3) is 5.91 Å². The number of fused-ring (bicyclic) bond motifs is 3. The smallest absolute Gasteiger partial charge is 0.486 e. The summed E-state index contributed by atoms with van der Waals surface area (Å²) in [5, 5.41) is 0.476. The van der Waals surface area contributed by atoms with Crippen LogP contribution < -0.4 is 10.2 Å². The van der Waals surface area contributed by atoms with E-state index in [1.165, 1.54) is 0 Å². The molecule has 1 unspecified atom stereocenters. The summed E-state index contributed by atoms with van der Waals surface area (Å²) < 4.78 is 18.4. The molecule has 3 heterocycles. The molecule has 1 aromatic carbocycles. The average Bonchev–Trinajstić information content (AvgIpc) is 3.01. The second-order valence-electron chi connectivity index (χ2n) is 8.15. The Morgan fingerprint density at radius 2 is 1.88 bits per heavy atom. The first-order valence-electron chi connectivity index (χ1n) is 8.75. The standard InChI is InChI=1S/C18H23BClNO4/c1-10-13(19-24-17(2,3)18(4,5)25-19)8-12-15(14(10)20)23-11-6-7-21(9-11)16(12)22/h8,11H,6-7,9H2,1-5H3. The number of halogens is 1. The molecule has 0 spiro atoms. The lowest BCUT2D eigenvalue weighted by molar-refractivity contribution is 0.00578. The monoisotopic (exact) mass is 363 g/mol. The zero-order valence-electron chi connectivity index (χ0n) is 15.3. The van der Waals surface area contributed by atoms with Gasteiger partial charge in [0.15, 0.2) is 5.75 Å². The second-order valence-corrected chi connectivity index (χ2v) is 8.53. The van der Waals surface area contributed by atoms with Gasteiger partial charge in [-0.2, -0.15) is 0 Å². The Labute approximate surface area is 153 Å². The molecule has 25 heavy (non-hydrogen) atoms. The van der Waals surface area contributed by atoms with Crippen molar-refractivity contribution in [2.75, 3.05) is 13.1 Å². The Kier molecular flexibility index (Phi) is 3.70. The van der Waals surface area contributed by atoms with Crippen molar-refractivity contribution in [2.45, 2.75) is 58.3 Å². The summed E-state index contributed by atoms with van der Waals surface area (Å²) in [4.78, 5) is 14.7.